The van der Waals surface area contributed by atoms with Crippen LogP contribution < -0.4 is 0 Å². The largest absolute Gasteiger partial charge is 0.469 e. The maximum atomic E-state index is 11.4. The lowest BCUT2D eigenvalue weighted by atomic mass is 10.1. The van der Waals surface area contributed by atoms with E-state index in [9.17, 15) is 9.59 Å². The van der Waals surface area contributed by atoms with Gasteiger partial charge in [0, 0.05) is 5.75 Å². The molecule has 1 saturated carbocycles. The Kier molecular flexibility index (Phi) is 5.28. The molecule has 4 nitrogen and oxygen atoms in total. The van der Waals surface area contributed by atoms with Crippen molar-refractivity contribution in [2.75, 3.05) is 20.0 Å². The van der Waals surface area contributed by atoms with E-state index in [1.807, 2.05) is 23.9 Å². The molecular weight excluding hydrogens is 288 g/mol. The zero-order chi connectivity index (χ0) is 15.3. The van der Waals surface area contributed by atoms with Crippen molar-refractivity contribution in [2.24, 2.45) is 5.41 Å². The minimum atomic E-state index is -0.316. The van der Waals surface area contributed by atoms with E-state index < -0.39 is 0 Å². The third kappa shape index (κ3) is 4.49. The third-order valence-corrected chi connectivity index (χ3v) is 5.11. The average molecular weight is 308 g/mol. The van der Waals surface area contributed by atoms with E-state index >= 15 is 0 Å². The van der Waals surface area contributed by atoms with E-state index in [2.05, 4.69) is 4.74 Å². The van der Waals surface area contributed by atoms with Crippen molar-refractivity contribution in [3.05, 3.63) is 35.4 Å². The van der Waals surface area contributed by atoms with Gasteiger partial charge in [-0.05, 0) is 41.7 Å². The Balaban J connectivity index is 1.78. The van der Waals surface area contributed by atoms with Gasteiger partial charge >= 0.3 is 11.9 Å². The molecule has 1 aromatic rings. The van der Waals surface area contributed by atoms with Crippen LogP contribution in [0.4, 0.5) is 0 Å². The number of carbonyl (C=O) groups excluding carboxylic acids is 2. The quantitative estimate of drug-likeness (QED) is 0.725. The molecule has 0 aromatic heterocycles. The number of rotatable bonds is 7. The number of hydrogen-bond donors (Lipinski definition) is 0. The highest BCUT2D eigenvalue weighted by Crippen LogP contribution is 2.51. The molecule has 0 atom stereocenters. The number of thioether (sulfide) groups is 1. The Hall–Kier alpha value is -1.49. The summed E-state index contributed by atoms with van der Waals surface area (Å²) in [5.41, 5.74) is 1.89. The van der Waals surface area contributed by atoms with Gasteiger partial charge in [-0.1, -0.05) is 12.1 Å². The van der Waals surface area contributed by atoms with Crippen LogP contribution in [0.3, 0.4) is 0 Å². The van der Waals surface area contributed by atoms with E-state index in [1.54, 1.807) is 12.1 Å². The van der Waals surface area contributed by atoms with Gasteiger partial charge in [-0.25, -0.2) is 4.79 Å². The number of methoxy groups -OCH3 is 2. The summed E-state index contributed by atoms with van der Waals surface area (Å²) in [6.07, 6.45) is 2.74. The van der Waals surface area contributed by atoms with Crippen LogP contribution >= 0.6 is 11.8 Å². The first-order chi connectivity index (χ1) is 10.1. The molecule has 1 aliphatic carbocycles. The van der Waals surface area contributed by atoms with Crippen LogP contribution in [0.2, 0.25) is 0 Å². The summed E-state index contributed by atoms with van der Waals surface area (Å²) in [7, 11) is 2.82. The van der Waals surface area contributed by atoms with Gasteiger partial charge in [0.25, 0.3) is 0 Å². The molecule has 1 fully saturated rings. The zero-order valence-electron chi connectivity index (χ0n) is 12.4. The minimum Gasteiger partial charge on any atom is -0.469 e. The molecule has 0 amide bonds. The Morgan fingerprint density at radius 3 is 2.33 bits per heavy atom. The van der Waals surface area contributed by atoms with E-state index in [1.165, 1.54) is 19.8 Å². The minimum absolute atomic E-state index is 0.115. The van der Waals surface area contributed by atoms with E-state index in [4.69, 9.17) is 4.74 Å². The molecule has 0 unspecified atom stereocenters. The molecule has 0 saturated heterocycles. The van der Waals surface area contributed by atoms with Crippen molar-refractivity contribution in [3.63, 3.8) is 0 Å². The van der Waals surface area contributed by atoms with Crippen LogP contribution in [0.5, 0.6) is 0 Å². The average Bonchev–Trinajstić information content (AvgIpc) is 3.26. The van der Waals surface area contributed by atoms with Gasteiger partial charge in [-0.15, -0.1) is 0 Å². The summed E-state index contributed by atoms with van der Waals surface area (Å²) in [6, 6.07) is 7.45. The normalized spacial score (nSPS) is 15.3. The van der Waals surface area contributed by atoms with Gasteiger partial charge in [-0.2, -0.15) is 11.8 Å². The lowest BCUT2D eigenvalue weighted by molar-refractivity contribution is -0.141. The second-order valence-corrected chi connectivity index (χ2v) is 6.42. The molecule has 0 heterocycles. The Morgan fingerprint density at radius 1 is 1.14 bits per heavy atom. The smallest absolute Gasteiger partial charge is 0.337 e. The zero-order valence-corrected chi connectivity index (χ0v) is 13.2. The van der Waals surface area contributed by atoms with Crippen LogP contribution in [0, 0.1) is 5.41 Å². The third-order valence-electron chi connectivity index (χ3n) is 3.76. The van der Waals surface area contributed by atoms with Crippen molar-refractivity contribution in [3.8, 4) is 0 Å². The predicted octanol–water partition coefficient (Wildman–Crippen LogP) is 3.05. The topological polar surface area (TPSA) is 52.6 Å². The molecule has 5 heteroatoms. The highest BCUT2D eigenvalue weighted by molar-refractivity contribution is 7.98. The lowest BCUT2D eigenvalue weighted by Gasteiger charge is -2.13. The van der Waals surface area contributed by atoms with Crippen LogP contribution in [-0.4, -0.2) is 31.9 Å². The molecule has 0 spiro atoms. The molecule has 114 valence electrons. The van der Waals surface area contributed by atoms with Gasteiger partial charge in [0.15, 0.2) is 0 Å². The van der Waals surface area contributed by atoms with Crippen LogP contribution in [0.15, 0.2) is 24.3 Å². The Morgan fingerprint density at radius 2 is 1.81 bits per heavy atom. The van der Waals surface area contributed by atoms with Crippen molar-refractivity contribution < 1.29 is 19.1 Å². The number of carbonyl (C=O) groups is 2. The van der Waals surface area contributed by atoms with E-state index in [-0.39, 0.29) is 17.4 Å². The molecule has 1 aliphatic rings. The van der Waals surface area contributed by atoms with E-state index in [0.717, 1.165) is 24.3 Å². The molecule has 2 rings (SSSR count). The van der Waals surface area contributed by atoms with Gasteiger partial charge < -0.3 is 9.47 Å². The molecule has 0 bridgehead atoms. The molecule has 0 N–H and O–H groups in total. The van der Waals surface area contributed by atoms with Gasteiger partial charge in [0.2, 0.25) is 0 Å². The highest BCUT2D eigenvalue weighted by atomic mass is 32.2. The molecule has 0 radical (unpaired) electrons. The van der Waals surface area contributed by atoms with Crippen LogP contribution in [0.25, 0.3) is 0 Å². The summed E-state index contributed by atoms with van der Waals surface area (Å²) >= 11 is 1.82. The number of benzene rings is 1. The first-order valence-electron chi connectivity index (χ1n) is 6.90. The number of hydrogen-bond acceptors (Lipinski definition) is 5. The van der Waals surface area contributed by atoms with Crippen molar-refractivity contribution in [2.45, 2.75) is 25.0 Å². The maximum absolute atomic E-state index is 11.4. The second kappa shape index (κ2) is 6.98. The summed E-state index contributed by atoms with van der Waals surface area (Å²) in [5.74, 6) is 1.42. The highest BCUT2D eigenvalue weighted by Gasteiger charge is 2.44. The second-order valence-electron chi connectivity index (χ2n) is 5.43. The van der Waals surface area contributed by atoms with Crippen LogP contribution in [-0.2, 0) is 20.0 Å². The Bertz CT molecular complexity index is 506. The molecule has 0 aliphatic heterocycles. The summed E-state index contributed by atoms with van der Waals surface area (Å²) in [5, 5.41) is 0. The monoisotopic (exact) mass is 308 g/mol. The standard InChI is InChI=1S/C16H20O4S/c1-19-14(17)9-16(7-8-16)11-21-10-12-3-5-13(6-4-12)15(18)20-2/h3-6H,7-11H2,1-2H3. The maximum Gasteiger partial charge on any atom is 0.337 e. The summed E-state index contributed by atoms with van der Waals surface area (Å²) < 4.78 is 9.41. The van der Waals surface area contributed by atoms with Crippen LogP contribution in [0.1, 0.15) is 35.2 Å². The number of ether oxygens (including phenoxy) is 2. The lowest BCUT2D eigenvalue weighted by Crippen LogP contribution is -2.13. The van der Waals surface area contributed by atoms with Gasteiger partial charge in [-0.3, -0.25) is 4.79 Å². The molecule has 21 heavy (non-hydrogen) atoms. The van der Waals surface area contributed by atoms with Crippen molar-refractivity contribution in [1.29, 1.82) is 0 Å². The SMILES string of the molecule is COC(=O)CC1(CSCc2ccc(C(=O)OC)cc2)CC1. The fraction of sp³-hybridized carbons (Fsp3) is 0.500. The summed E-state index contributed by atoms with van der Waals surface area (Å²) in [4.78, 5) is 22.7. The number of esters is 2. The predicted molar refractivity (Wildman–Crippen MR) is 82.2 cm³/mol. The first kappa shape index (κ1) is 15.9. The Labute approximate surface area is 129 Å². The van der Waals surface area contributed by atoms with Gasteiger partial charge in [0.05, 0.1) is 26.2 Å². The van der Waals surface area contributed by atoms with Crippen molar-refractivity contribution in [1.82, 2.24) is 0 Å². The fourth-order valence-electron chi connectivity index (χ4n) is 2.17. The molecular formula is C16H20O4S. The fourth-order valence-corrected chi connectivity index (χ4v) is 3.52. The first-order valence-corrected chi connectivity index (χ1v) is 8.06. The molecule has 1 aromatic carbocycles. The van der Waals surface area contributed by atoms with E-state index in [0.29, 0.717) is 12.0 Å². The van der Waals surface area contributed by atoms with Gasteiger partial charge in [0.1, 0.15) is 0 Å². The summed E-state index contributed by atoms with van der Waals surface area (Å²) in [6.45, 7) is 0. The van der Waals surface area contributed by atoms with Crippen molar-refractivity contribution >= 4 is 23.7 Å².